The SMILES string of the molecule is C=CCN(C[C@@H]1Cc2ccccc2N1)C(C)C. The standard InChI is InChI=1S/C15H22N2/c1-4-9-17(12(2)3)11-14-10-13-7-5-6-8-15(13)16-14/h4-8,12,14,16H,1,9-11H2,2-3H3/t14-/m0/s1. The Morgan fingerprint density at radius 3 is 2.88 bits per heavy atom. The van der Waals surface area contributed by atoms with Gasteiger partial charge in [0.1, 0.15) is 0 Å². The quantitative estimate of drug-likeness (QED) is 0.782. The largest absolute Gasteiger partial charge is 0.380 e. The number of hydrogen-bond acceptors (Lipinski definition) is 2. The van der Waals surface area contributed by atoms with Gasteiger partial charge in [-0.3, -0.25) is 4.90 Å². The van der Waals surface area contributed by atoms with Gasteiger partial charge in [-0.1, -0.05) is 24.3 Å². The third-order valence-corrected chi connectivity index (χ3v) is 3.39. The second-order valence-corrected chi connectivity index (χ2v) is 5.04. The van der Waals surface area contributed by atoms with E-state index >= 15 is 0 Å². The molecule has 1 aliphatic rings. The second kappa shape index (κ2) is 5.37. The molecule has 0 radical (unpaired) electrons. The Bertz CT molecular complexity index is 359. The van der Waals surface area contributed by atoms with E-state index in [0.717, 1.165) is 19.5 Å². The Balaban J connectivity index is 1.96. The number of benzene rings is 1. The molecule has 1 aliphatic heterocycles. The van der Waals surface area contributed by atoms with Crippen LogP contribution in [0.3, 0.4) is 0 Å². The molecule has 0 fully saturated rings. The fourth-order valence-corrected chi connectivity index (χ4v) is 2.43. The molecule has 0 unspecified atom stereocenters. The van der Waals surface area contributed by atoms with E-state index < -0.39 is 0 Å². The Kier molecular flexibility index (Phi) is 3.85. The maximum atomic E-state index is 3.83. The smallest absolute Gasteiger partial charge is 0.0429 e. The van der Waals surface area contributed by atoms with Crippen LogP contribution < -0.4 is 5.32 Å². The van der Waals surface area contributed by atoms with Gasteiger partial charge in [0.05, 0.1) is 0 Å². The van der Waals surface area contributed by atoms with E-state index in [4.69, 9.17) is 0 Å². The molecule has 1 N–H and O–H groups in total. The second-order valence-electron chi connectivity index (χ2n) is 5.04. The summed E-state index contributed by atoms with van der Waals surface area (Å²) < 4.78 is 0. The highest BCUT2D eigenvalue weighted by atomic mass is 15.2. The average Bonchev–Trinajstić information content (AvgIpc) is 2.70. The Morgan fingerprint density at radius 1 is 1.47 bits per heavy atom. The van der Waals surface area contributed by atoms with E-state index in [1.807, 2.05) is 6.08 Å². The lowest BCUT2D eigenvalue weighted by molar-refractivity contribution is 0.237. The van der Waals surface area contributed by atoms with Crippen LogP contribution in [0, 0.1) is 0 Å². The number of fused-ring (bicyclic) bond motifs is 1. The molecule has 2 heteroatoms. The molecule has 0 aliphatic carbocycles. The molecule has 17 heavy (non-hydrogen) atoms. The molecule has 1 aromatic rings. The summed E-state index contributed by atoms with van der Waals surface area (Å²) in [5.74, 6) is 0. The van der Waals surface area contributed by atoms with Crippen molar-refractivity contribution in [2.75, 3.05) is 18.4 Å². The van der Waals surface area contributed by atoms with E-state index in [0.29, 0.717) is 12.1 Å². The topological polar surface area (TPSA) is 15.3 Å². The van der Waals surface area contributed by atoms with Gasteiger partial charge in [0.25, 0.3) is 0 Å². The van der Waals surface area contributed by atoms with Crippen LogP contribution in [0.25, 0.3) is 0 Å². The first kappa shape index (κ1) is 12.2. The predicted octanol–water partition coefficient (Wildman–Crippen LogP) is 2.92. The third kappa shape index (κ3) is 2.89. The molecule has 0 saturated carbocycles. The summed E-state index contributed by atoms with van der Waals surface area (Å²) in [6.45, 7) is 10.4. The van der Waals surface area contributed by atoms with Gasteiger partial charge in [0, 0.05) is 30.9 Å². The van der Waals surface area contributed by atoms with Gasteiger partial charge in [-0.2, -0.15) is 0 Å². The van der Waals surface area contributed by atoms with Gasteiger partial charge in [0.2, 0.25) is 0 Å². The molecule has 92 valence electrons. The number of hydrogen-bond donors (Lipinski definition) is 1. The van der Waals surface area contributed by atoms with Crippen LogP contribution in [0.15, 0.2) is 36.9 Å². The number of nitrogens with zero attached hydrogens (tertiary/aromatic N) is 1. The van der Waals surface area contributed by atoms with Crippen LogP contribution in [0.5, 0.6) is 0 Å². The Labute approximate surface area is 104 Å². The van der Waals surface area contributed by atoms with Crippen molar-refractivity contribution in [3.8, 4) is 0 Å². The molecule has 0 saturated heterocycles. The minimum atomic E-state index is 0.537. The van der Waals surface area contributed by atoms with E-state index in [1.165, 1.54) is 11.3 Å². The van der Waals surface area contributed by atoms with E-state index in [1.54, 1.807) is 0 Å². The minimum Gasteiger partial charge on any atom is -0.380 e. The summed E-state index contributed by atoms with van der Waals surface area (Å²) >= 11 is 0. The maximum absolute atomic E-state index is 3.83. The maximum Gasteiger partial charge on any atom is 0.0429 e. The van der Waals surface area contributed by atoms with Crippen LogP contribution in [0.1, 0.15) is 19.4 Å². The van der Waals surface area contributed by atoms with Crippen molar-refractivity contribution in [2.45, 2.75) is 32.4 Å². The highest BCUT2D eigenvalue weighted by molar-refractivity contribution is 5.56. The molecule has 1 aromatic carbocycles. The molecule has 0 spiro atoms. The van der Waals surface area contributed by atoms with Crippen LogP contribution >= 0.6 is 0 Å². The zero-order valence-electron chi connectivity index (χ0n) is 10.8. The van der Waals surface area contributed by atoms with E-state index in [9.17, 15) is 0 Å². The van der Waals surface area contributed by atoms with Gasteiger partial charge in [-0.25, -0.2) is 0 Å². The normalized spacial score (nSPS) is 18.2. The van der Waals surface area contributed by atoms with Crippen molar-refractivity contribution >= 4 is 5.69 Å². The van der Waals surface area contributed by atoms with Crippen molar-refractivity contribution in [1.29, 1.82) is 0 Å². The Hall–Kier alpha value is -1.28. The van der Waals surface area contributed by atoms with Crippen LogP contribution in [0.4, 0.5) is 5.69 Å². The molecule has 1 atom stereocenters. The first-order valence-electron chi connectivity index (χ1n) is 6.40. The molecule has 0 aromatic heterocycles. The Morgan fingerprint density at radius 2 is 2.24 bits per heavy atom. The van der Waals surface area contributed by atoms with Crippen molar-refractivity contribution < 1.29 is 0 Å². The number of rotatable bonds is 5. The molecular weight excluding hydrogens is 208 g/mol. The zero-order chi connectivity index (χ0) is 12.3. The minimum absolute atomic E-state index is 0.537. The average molecular weight is 230 g/mol. The zero-order valence-corrected chi connectivity index (χ0v) is 10.8. The molecule has 0 bridgehead atoms. The summed E-state index contributed by atoms with van der Waals surface area (Å²) in [4.78, 5) is 2.45. The van der Waals surface area contributed by atoms with Gasteiger partial charge >= 0.3 is 0 Å². The molecule has 0 amide bonds. The highest BCUT2D eigenvalue weighted by Gasteiger charge is 2.22. The predicted molar refractivity (Wildman–Crippen MR) is 74.5 cm³/mol. The third-order valence-electron chi connectivity index (χ3n) is 3.39. The van der Waals surface area contributed by atoms with Crippen LogP contribution in [0.2, 0.25) is 0 Å². The van der Waals surface area contributed by atoms with Crippen molar-refractivity contribution in [2.24, 2.45) is 0 Å². The molecule has 2 rings (SSSR count). The first-order valence-corrected chi connectivity index (χ1v) is 6.40. The lowest BCUT2D eigenvalue weighted by Gasteiger charge is -2.28. The number of nitrogens with one attached hydrogen (secondary N) is 1. The molecule has 1 heterocycles. The van der Waals surface area contributed by atoms with Crippen LogP contribution in [-0.4, -0.2) is 30.1 Å². The fraction of sp³-hybridized carbons (Fsp3) is 0.467. The fourth-order valence-electron chi connectivity index (χ4n) is 2.43. The van der Waals surface area contributed by atoms with E-state index in [2.05, 4.69) is 54.9 Å². The van der Waals surface area contributed by atoms with Crippen LogP contribution in [-0.2, 0) is 6.42 Å². The summed E-state index contributed by atoms with van der Waals surface area (Å²) in [5.41, 5.74) is 2.75. The van der Waals surface area contributed by atoms with Crippen molar-refractivity contribution in [3.05, 3.63) is 42.5 Å². The van der Waals surface area contributed by atoms with Crippen molar-refractivity contribution in [3.63, 3.8) is 0 Å². The summed E-state index contributed by atoms with van der Waals surface area (Å²) in [5, 5.41) is 3.60. The van der Waals surface area contributed by atoms with Gasteiger partial charge in [-0.15, -0.1) is 6.58 Å². The summed E-state index contributed by atoms with van der Waals surface area (Å²) in [7, 11) is 0. The van der Waals surface area contributed by atoms with E-state index in [-0.39, 0.29) is 0 Å². The van der Waals surface area contributed by atoms with Gasteiger partial charge < -0.3 is 5.32 Å². The monoisotopic (exact) mass is 230 g/mol. The first-order chi connectivity index (χ1) is 8.20. The number of anilines is 1. The molecule has 2 nitrogen and oxygen atoms in total. The summed E-state index contributed by atoms with van der Waals surface area (Å²) in [6, 6.07) is 9.71. The summed E-state index contributed by atoms with van der Waals surface area (Å²) in [6.07, 6.45) is 3.12. The lowest BCUT2D eigenvalue weighted by atomic mass is 10.1. The number of para-hydroxylation sites is 1. The van der Waals surface area contributed by atoms with Gasteiger partial charge in [0.15, 0.2) is 0 Å². The van der Waals surface area contributed by atoms with Crippen molar-refractivity contribution in [1.82, 2.24) is 4.90 Å². The highest BCUT2D eigenvalue weighted by Crippen LogP contribution is 2.25. The van der Waals surface area contributed by atoms with Gasteiger partial charge in [-0.05, 0) is 31.9 Å². The molecular formula is C15H22N2. The lowest BCUT2D eigenvalue weighted by Crippen LogP contribution is -2.39.